The molecule has 0 aliphatic carbocycles. The van der Waals surface area contributed by atoms with Crippen molar-refractivity contribution in [3.63, 3.8) is 0 Å². The predicted molar refractivity (Wildman–Crippen MR) is 65.9 cm³/mol. The maximum Gasteiger partial charge on any atom is 0.265 e. The number of rotatable bonds is 4. The maximum absolute atomic E-state index is 12.7. The summed E-state index contributed by atoms with van der Waals surface area (Å²) in [4.78, 5) is 7.71. The molecule has 2 nitrogen and oxygen atoms in total. The summed E-state index contributed by atoms with van der Waals surface area (Å²) in [5, 5.41) is 0. The minimum absolute atomic E-state index is 0.0468. The van der Waals surface area contributed by atoms with Crippen molar-refractivity contribution in [3.8, 4) is 0 Å². The monoisotopic (exact) mass is 238 g/mol. The third-order valence-electron chi connectivity index (χ3n) is 2.42. The molecule has 1 aromatic rings. The molecule has 1 unspecified atom stereocenters. The average Bonchev–Trinajstić information content (AvgIpc) is 2.28. The Balaban J connectivity index is 2.96. The highest BCUT2D eigenvalue weighted by Gasteiger charge is 2.11. The van der Waals surface area contributed by atoms with E-state index in [1.807, 2.05) is 26.0 Å². The standard InChI is InChI=1S/C13H16F2N2/c1-9(6-12(8-16-3)13(14)15)11-4-5-17-10(2)7-11/h4-9,13H,1-3H3/b12-6+,16-8-. The molecule has 4 heteroatoms. The summed E-state index contributed by atoms with van der Waals surface area (Å²) in [5.74, 6) is -0.0845. The summed E-state index contributed by atoms with van der Waals surface area (Å²) in [5.41, 5.74) is 1.81. The molecule has 1 atom stereocenters. The molecule has 0 radical (unpaired) electrons. The van der Waals surface area contributed by atoms with E-state index in [1.54, 1.807) is 6.20 Å². The Morgan fingerprint density at radius 3 is 2.71 bits per heavy atom. The van der Waals surface area contributed by atoms with Gasteiger partial charge in [0, 0.05) is 30.7 Å². The second-order valence-corrected chi connectivity index (χ2v) is 3.87. The van der Waals surface area contributed by atoms with E-state index in [4.69, 9.17) is 0 Å². The van der Waals surface area contributed by atoms with Crippen molar-refractivity contribution in [3.05, 3.63) is 41.2 Å². The number of aromatic nitrogens is 1. The smallest absolute Gasteiger partial charge is 0.265 e. The number of aliphatic imine (C=N–C) groups is 1. The van der Waals surface area contributed by atoms with E-state index in [-0.39, 0.29) is 11.5 Å². The van der Waals surface area contributed by atoms with Crippen molar-refractivity contribution >= 4 is 6.21 Å². The van der Waals surface area contributed by atoms with Gasteiger partial charge in [-0.05, 0) is 30.5 Å². The van der Waals surface area contributed by atoms with Gasteiger partial charge in [-0.3, -0.25) is 9.98 Å². The van der Waals surface area contributed by atoms with Crippen LogP contribution in [0.1, 0.15) is 24.1 Å². The number of hydrogen-bond acceptors (Lipinski definition) is 2. The van der Waals surface area contributed by atoms with Gasteiger partial charge in [-0.15, -0.1) is 0 Å². The van der Waals surface area contributed by atoms with Crippen LogP contribution >= 0.6 is 0 Å². The summed E-state index contributed by atoms with van der Waals surface area (Å²) in [6.45, 7) is 3.75. The van der Waals surface area contributed by atoms with Gasteiger partial charge in [-0.2, -0.15) is 0 Å². The first-order chi connectivity index (χ1) is 8.04. The van der Waals surface area contributed by atoms with Crippen LogP contribution in [0.15, 0.2) is 35.0 Å². The maximum atomic E-state index is 12.7. The van der Waals surface area contributed by atoms with Crippen molar-refractivity contribution in [2.24, 2.45) is 4.99 Å². The number of alkyl halides is 2. The SMILES string of the molecule is C/N=C\C(=C/C(C)c1ccnc(C)c1)C(F)F. The van der Waals surface area contributed by atoms with E-state index in [9.17, 15) is 8.78 Å². The first-order valence-electron chi connectivity index (χ1n) is 5.39. The van der Waals surface area contributed by atoms with Crippen molar-refractivity contribution in [1.82, 2.24) is 4.98 Å². The molecule has 92 valence electrons. The molecule has 17 heavy (non-hydrogen) atoms. The van der Waals surface area contributed by atoms with Crippen molar-refractivity contribution < 1.29 is 8.78 Å². The van der Waals surface area contributed by atoms with E-state index in [1.165, 1.54) is 19.3 Å². The zero-order chi connectivity index (χ0) is 12.8. The van der Waals surface area contributed by atoms with Crippen LogP contribution in [0, 0.1) is 6.92 Å². The number of halogens is 2. The normalized spacial score (nSPS) is 14.6. The molecule has 0 aliphatic rings. The van der Waals surface area contributed by atoms with Crippen LogP contribution in [0.3, 0.4) is 0 Å². The Morgan fingerprint density at radius 2 is 2.18 bits per heavy atom. The first-order valence-corrected chi connectivity index (χ1v) is 5.39. The van der Waals surface area contributed by atoms with Crippen molar-refractivity contribution in [1.29, 1.82) is 0 Å². The van der Waals surface area contributed by atoms with Crippen molar-refractivity contribution in [2.45, 2.75) is 26.2 Å². The molecule has 1 heterocycles. The van der Waals surface area contributed by atoms with Crippen molar-refractivity contribution in [2.75, 3.05) is 7.05 Å². The first kappa shape index (κ1) is 13.5. The molecule has 1 aromatic heterocycles. The van der Waals surface area contributed by atoms with E-state index in [0.717, 1.165) is 11.3 Å². The number of pyridine rings is 1. The summed E-state index contributed by atoms with van der Waals surface area (Å²) in [7, 11) is 1.48. The second kappa shape index (κ2) is 6.23. The molecule has 0 fully saturated rings. The summed E-state index contributed by atoms with van der Waals surface area (Å²) in [6.07, 6.45) is 1.93. The van der Waals surface area contributed by atoms with Gasteiger partial charge in [-0.1, -0.05) is 13.0 Å². The van der Waals surface area contributed by atoms with Crippen LogP contribution in [0.25, 0.3) is 0 Å². The topological polar surface area (TPSA) is 25.2 Å². The number of aryl methyl sites for hydroxylation is 1. The Labute approximate surface area is 100 Å². The van der Waals surface area contributed by atoms with E-state index in [0.29, 0.717) is 0 Å². The quantitative estimate of drug-likeness (QED) is 0.738. The third-order valence-corrected chi connectivity index (χ3v) is 2.42. The fourth-order valence-corrected chi connectivity index (χ4v) is 1.56. The lowest BCUT2D eigenvalue weighted by Gasteiger charge is -2.09. The zero-order valence-electron chi connectivity index (χ0n) is 10.2. The molecule has 0 aromatic carbocycles. The van der Waals surface area contributed by atoms with Gasteiger partial charge in [0.1, 0.15) is 0 Å². The molecule has 1 rings (SSSR count). The molecule has 0 spiro atoms. The van der Waals surface area contributed by atoms with Gasteiger partial charge in [0.05, 0.1) is 0 Å². The summed E-state index contributed by atoms with van der Waals surface area (Å²) >= 11 is 0. The molecular weight excluding hydrogens is 222 g/mol. The van der Waals surface area contributed by atoms with Crippen LogP contribution in [-0.2, 0) is 0 Å². The number of allylic oxidation sites excluding steroid dienone is 2. The second-order valence-electron chi connectivity index (χ2n) is 3.87. The van der Waals surface area contributed by atoms with Gasteiger partial charge in [0.15, 0.2) is 0 Å². The Bertz CT molecular complexity index is 425. The van der Waals surface area contributed by atoms with Crippen LogP contribution in [0.2, 0.25) is 0 Å². The zero-order valence-corrected chi connectivity index (χ0v) is 10.2. The summed E-state index contributed by atoms with van der Waals surface area (Å²) < 4.78 is 25.3. The Morgan fingerprint density at radius 1 is 1.47 bits per heavy atom. The fraction of sp³-hybridized carbons (Fsp3) is 0.385. The minimum atomic E-state index is -2.50. The number of hydrogen-bond donors (Lipinski definition) is 0. The highest BCUT2D eigenvalue weighted by atomic mass is 19.3. The molecule has 0 aliphatic heterocycles. The lowest BCUT2D eigenvalue weighted by molar-refractivity contribution is 0.197. The van der Waals surface area contributed by atoms with E-state index < -0.39 is 6.43 Å². The van der Waals surface area contributed by atoms with E-state index in [2.05, 4.69) is 9.98 Å². The number of nitrogens with zero attached hydrogens (tertiary/aromatic N) is 2. The highest BCUT2D eigenvalue weighted by Crippen LogP contribution is 2.20. The van der Waals surface area contributed by atoms with Gasteiger partial charge in [0.2, 0.25) is 0 Å². The van der Waals surface area contributed by atoms with Gasteiger partial charge in [0.25, 0.3) is 6.43 Å². The third kappa shape index (κ3) is 4.06. The van der Waals surface area contributed by atoms with Crippen LogP contribution in [0.5, 0.6) is 0 Å². The van der Waals surface area contributed by atoms with Gasteiger partial charge in [-0.25, -0.2) is 8.78 Å². The lowest BCUT2D eigenvalue weighted by Crippen LogP contribution is -2.02. The van der Waals surface area contributed by atoms with Crippen LogP contribution < -0.4 is 0 Å². The predicted octanol–water partition coefficient (Wildman–Crippen LogP) is 3.39. The fourth-order valence-electron chi connectivity index (χ4n) is 1.56. The molecule has 0 amide bonds. The molecule has 0 saturated carbocycles. The van der Waals surface area contributed by atoms with Crippen LogP contribution in [-0.4, -0.2) is 24.7 Å². The van der Waals surface area contributed by atoms with Crippen LogP contribution in [0.4, 0.5) is 8.78 Å². The summed E-state index contributed by atoms with van der Waals surface area (Å²) in [6, 6.07) is 3.73. The average molecular weight is 238 g/mol. The van der Waals surface area contributed by atoms with E-state index >= 15 is 0 Å². The highest BCUT2D eigenvalue weighted by molar-refractivity contribution is 5.79. The molecular formula is C13H16F2N2. The molecule has 0 bridgehead atoms. The van der Waals surface area contributed by atoms with Gasteiger partial charge >= 0.3 is 0 Å². The molecule has 0 N–H and O–H groups in total. The Kier molecular flexibility index (Phi) is 4.94. The lowest BCUT2D eigenvalue weighted by atomic mass is 9.99. The largest absolute Gasteiger partial charge is 0.296 e. The molecule has 0 saturated heterocycles. The Hall–Kier alpha value is -1.58. The van der Waals surface area contributed by atoms with Gasteiger partial charge < -0.3 is 0 Å². The minimum Gasteiger partial charge on any atom is -0.296 e.